The zero-order valence-electron chi connectivity index (χ0n) is 15.6. The average Bonchev–Trinajstić information content (AvgIpc) is 2.64. The molecule has 1 aromatic carbocycles. The van der Waals surface area contributed by atoms with Gasteiger partial charge in [0, 0.05) is 11.6 Å². The number of fused-ring (bicyclic) bond motifs is 1. The summed E-state index contributed by atoms with van der Waals surface area (Å²) in [7, 11) is 0. The van der Waals surface area contributed by atoms with Crippen LogP contribution in [0, 0.1) is 12.8 Å². The molecule has 0 bridgehead atoms. The van der Waals surface area contributed by atoms with Gasteiger partial charge >= 0.3 is 0 Å². The molecular weight excluding hydrogens is 407 g/mol. The maximum absolute atomic E-state index is 12.5. The molecule has 27 heavy (non-hydrogen) atoms. The second-order valence-corrected chi connectivity index (χ2v) is 9.96. The van der Waals surface area contributed by atoms with Gasteiger partial charge in [0.15, 0.2) is 6.23 Å². The fourth-order valence-electron chi connectivity index (χ4n) is 4.12. The summed E-state index contributed by atoms with van der Waals surface area (Å²) in [6.07, 6.45) is 5.01. The van der Waals surface area contributed by atoms with Crippen LogP contribution in [0.2, 0.25) is 0 Å². The van der Waals surface area contributed by atoms with Gasteiger partial charge in [-0.3, -0.25) is 4.79 Å². The molecule has 1 N–H and O–H groups in total. The van der Waals surface area contributed by atoms with Crippen molar-refractivity contribution >= 4 is 40.7 Å². The van der Waals surface area contributed by atoms with E-state index in [0.29, 0.717) is 24.1 Å². The maximum atomic E-state index is 12.5. The Bertz CT molecular complexity index is 631. The lowest BCUT2D eigenvalue weighted by molar-refractivity contribution is -0.0325. The molecule has 3 atom stereocenters. The number of hydrogen-bond donors (Lipinski definition) is 1. The molecule has 3 rings (SSSR count). The Morgan fingerprint density at radius 2 is 1.89 bits per heavy atom. The lowest BCUT2D eigenvalue weighted by Gasteiger charge is -2.44. The number of aryl methyl sites for hydroxylation is 1. The van der Waals surface area contributed by atoms with E-state index in [1.807, 2.05) is 19.1 Å². The molecule has 0 saturated carbocycles. The van der Waals surface area contributed by atoms with Gasteiger partial charge in [0.1, 0.15) is 0 Å². The topological polar surface area (TPSA) is 41.6 Å². The molecule has 150 valence electrons. The number of rotatable bonds is 5. The summed E-state index contributed by atoms with van der Waals surface area (Å²) < 4.78 is 4.22. The average molecular weight is 434 g/mol. The van der Waals surface area contributed by atoms with Crippen molar-refractivity contribution in [2.24, 2.45) is 5.92 Å². The molecule has 7 heteroatoms. The highest BCUT2D eigenvalue weighted by Gasteiger charge is 2.38. The van der Waals surface area contributed by atoms with E-state index >= 15 is 0 Å². The van der Waals surface area contributed by atoms with E-state index in [9.17, 15) is 4.79 Å². The number of alkyl halides is 3. The number of nitrogens with one attached hydrogen (secondary N) is 1. The van der Waals surface area contributed by atoms with Crippen LogP contribution < -0.4 is 5.32 Å². The standard InChI is InChI=1S/C20H27Cl3N2O2/c1-14-7-9-15(10-8-14)18(26)24-19(20(21,22)23)27-13-16-5-4-12-25-11-3-2-6-17(16)25/h7-10,16-17,19H,2-6,11-13H2,1H3,(H,24,26)/t16-,17+,19?/m0/s1. The summed E-state index contributed by atoms with van der Waals surface area (Å²) in [6.45, 7) is 4.78. The Hall–Kier alpha value is -0.520. The molecule has 1 aromatic rings. The van der Waals surface area contributed by atoms with Crippen LogP contribution in [0.5, 0.6) is 0 Å². The predicted molar refractivity (Wildman–Crippen MR) is 111 cm³/mol. The third-order valence-corrected chi connectivity index (χ3v) is 6.17. The van der Waals surface area contributed by atoms with Crippen LogP contribution in [0.4, 0.5) is 0 Å². The summed E-state index contributed by atoms with van der Waals surface area (Å²) in [4.78, 5) is 15.1. The van der Waals surface area contributed by atoms with Crippen molar-refractivity contribution in [2.75, 3.05) is 19.7 Å². The highest BCUT2D eigenvalue weighted by Crippen LogP contribution is 2.34. The first-order valence-corrected chi connectivity index (χ1v) is 10.8. The van der Waals surface area contributed by atoms with Gasteiger partial charge in [-0.25, -0.2) is 0 Å². The number of carbonyl (C=O) groups is 1. The number of benzene rings is 1. The second kappa shape index (κ2) is 9.32. The third kappa shape index (κ3) is 5.74. The fourth-order valence-corrected chi connectivity index (χ4v) is 4.47. The number of carbonyl (C=O) groups excluding carboxylic acids is 1. The highest BCUT2D eigenvalue weighted by molar-refractivity contribution is 6.68. The van der Waals surface area contributed by atoms with Crippen molar-refractivity contribution in [3.05, 3.63) is 35.4 Å². The van der Waals surface area contributed by atoms with Crippen molar-refractivity contribution in [1.82, 2.24) is 10.2 Å². The van der Waals surface area contributed by atoms with Crippen LogP contribution >= 0.6 is 34.8 Å². The number of ether oxygens (including phenoxy) is 1. The summed E-state index contributed by atoms with van der Waals surface area (Å²) in [5, 5.41) is 2.73. The van der Waals surface area contributed by atoms with E-state index in [2.05, 4.69) is 10.2 Å². The largest absolute Gasteiger partial charge is 0.354 e. The quantitative estimate of drug-likeness (QED) is 0.540. The summed E-state index contributed by atoms with van der Waals surface area (Å²) in [5.74, 6) is 0.0967. The molecule has 2 aliphatic rings. The monoisotopic (exact) mass is 432 g/mol. The number of nitrogens with zero attached hydrogens (tertiary/aromatic N) is 1. The summed E-state index contributed by atoms with van der Waals surface area (Å²) >= 11 is 18.3. The van der Waals surface area contributed by atoms with E-state index in [1.54, 1.807) is 12.1 Å². The van der Waals surface area contributed by atoms with Gasteiger partial charge in [-0.1, -0.05) is 58.9 Å². The van der Waals surface area contributed by atoms with E-state index in [-0.39, 0.29) is 5.91 Å². The smallest absolute Gasteiger partial charge is 0.253 e. The Balaban J connectivity index is 1.61. The SMILES string of the molecule is Cc1ccc(C(=O)NC(OC[C@@H]2CCCN3CCCC[C@H]23)C(Cl)(Cl)Cl)cc1. The Morgan fingerprint density at radius 3 is 2.59 bits per heavy atom. The zero-order chi connectivity index (χ0) is 19.4. The molecule has 2 aliphatic heterocycles. The van der Waals surface area contributed by atoms with E-state index in [0.717, 1.165) is 12.0 Å². The molecule has 0 aromatic heterocycles. The minimum atomic E-state index is -1.73. The van der Waals surface area contributed by atoms with E-state index in [1.165, 1.54) is 38.8 Å². The van der Waals surface area contributed by atoms with Crippen molar-refractivity contribution in [1.29, 1.82) is 0 Å². The second-order valence-electron chi connectivity index (χ2n) is 7.60. The molecule has 1 unspecified atom stereocenters. The Kier molecular flexibility index (Phi) is 7.32. The predicted octanol–water partition coefficient (Wildman–Crippen LogP) is 4.70. The van der Waals surface area contributed by atoms with Crippen molar-refractivity contribution in [3.8, 4) is 0 Å². The molecule has 0 spiro atoms. The molecular formula is C20H27Cl3N2O2. The number of halogens is 3. The van der Waals surface area contributed by atoms with Crippen LogP contribution in [0.1, 0.15) is 48.0 Å². The zero-order valence-corrected chi connectivity index (χ0v) is 17.9. The maximum Gasteiger partial charge on any atom is 0.253 e. The molecule has 2 saturated heterocycles. The number of amides is 1. The first-order valence-electron chi connectivity index (χ1n) is 9.64. The molecule has 0 radical (unpaired) electrons. The van der Waals surface area contributed by atoms with Gasteiger partial charge in [-0.15, -0.1) is 0 Å². The van der Waals surface area contributed by atoms with Crippen molar-refractivity contribution < 1.29 is 9.53 Å². The minimum Gasteiger partial charge on any atom is -0.354 e. The van der Waals surface area contributed by atoms with Gasteiger partial charge in [-0.05, 0) is 63.7 Å². The van der Waals surface area contributed by atoms with E-state index in [4.69, 9.17) is 39.5 Å². The lowest BCUT2D eigenvalue weighted by Crippen LogP contribution is -2.51. The molecule has 2 fully saturated rings. The lowest BCUT2D eigenvalue weighted by atomic mass is 9.84. The van der Waals surface area contributed by atoms with Gasteiger partial charge in [0.05, 0.1) is 6.61 Å². The van der Waals surface area contributed by atoms with Crippen LogP contribution in [0.15, 0.2) is 24.3 Å². The van der Waals surface area contributed by atoms with Crippen molar-refractivity contribution in [2.45, 2.75) is 55.1 Å². The van der Waals surface area contributed by atoms with Gasteiger partial charge in [0.2, 0.25) is 3.79 Å². The Morgan fingerprint density at radius 1 is 1.19 bits per heavy atom. The summed E-state index contributed by atoms with van der Waals surface area (Å²) in [6, 6.07) is 7.79. The van der Waals surface area contributed by atoms with Gasteiger partial charge < -0.3 is 15.0 Å². The normalized spacial score (nSPS) is 24.9. The summed E-state index contributed by atoms with van der Waals surface area (Å²) in [5.41, 5.74) is 1.59. The fraction of sp³-hybridized carbons (Fsp3) is 0.650. The molecule has 4 nitrogen and oxygen atoms in total. The van der Waals surface area contributed by atoms with Crippen LogP contribution in [-0.2, 0) is 4.74 Å². The highest BCUT2D eigenvalue weighted by atomic mass is 35.6. The van der Waals surface area contributed by atoms with Crippen LogP contribution in [0.3, 0.4) is 0 Å². The first-order chi connectivity index (χ1) is 12.8. The Labute approximate surface area is 176 Å². The molecule has 2 heterocycles. The van der Waals surface area contributed by atoms with Crippen molar-refractivity contribution in [3.63, 3.8) is 0 Å². The van der Waals surface area contributed by atoms with Gasteiger partial charge in [0.25, 0.3) is 5.91 Å². The van der Waals surface area contributed by atoms with Crippen LogP contribution in [0.25, 0.3) is 0 Å². The number of hydrogen-bond acceptors (Lipinski definition) is 3. The molecule has 1 amide bonds. The van der Waals surface area contributed by atoms with E-state index < -0.39 is 10.0 Å². The molecule has 0 aliphatic carbocycles. The van der Waals surface area contributed by atoms with Gasteiger partial charge in [-0.2, -0.15) is 0 Å². The third-order valence-electron chi connectivity index (χ3n) is 5.58. The first kappa shape index (κ1) is 21.2. The minimum absolute atomic E-state index is 0.311. The number of piperidine rings is 2. The van der Waals surface area contributed by atoms with Crippen LogP contribution in [-0.4, -0.2) is 46.6 Å².